The lowest BCUT2D eigenvalue weighted by Crippen LogP contribution is -2.15. The number of aliphatic imine (C=N–C) groups is 1. The van der Waals surface area contributed by atoms with E-state index in [1.54, 1.807) is 6.20 Å². The second kappa shape index (κ2) is 5.88. The Morgan fingerprint density at radius 1 is 1.20 bits per heavy atom. The quantitative estimate of drug-likeness (QED) is 0.942. The molecule has 1 aliphatic heterocycles. The van der Waals surface area contributed by atoms with Crippen LogP contribution in [0.1, 0.15) is 5.69 Å². The smallest absolute Gasteiger partial charge is 0.234 e. The molecule has 0 atom stereocenters. The molecule has 0 spiro atoms. The fourth-order valence-corrected chi connectivity index (χ4v) is 2.71. The highest BCUT2D eigenvalue weighted by molar-refractivity contribution is 8.14. The Bertz CT molecular complexity index is 655. The van der Waals surface area contributed by atoms with Crippen LogP contribution in [0.3, 0.4) is 0 Å². The third-order valence-corrected chi connectivity index (χ3v) is 3.83. The number of fused-ring (bicyclic) bond motifs is 1. The van der Waals surface area contributed by atoms with Crippen molar-refractivity contribution < 1.29 is 4.79 Å². The van der Waals surface area contributed by atoms with Gasteiger partial charge in [0.2, 0.25) is 5.91 Å². The maximum atomic E-state index is 11.8. The molecule has 1 amide bonds. The minimum atomic E-state index is -0.0205. The number of nitrogens with zero attached hydrogens (tertiary/aromatic N) is 2. The molecular formula is C15H13N3OS. The summed E-state index contributed by atoms with van der Waals surface area (Å²) in [7, 11) is 0. The summed E-state index contributed by atoms with van der Waals surface area (Å²) in [6.45, 7) is 0. The number of amides is 1. The highest BCUT2D eigenvalue weighted by Gasteiger charge is 2.16. The largest absolute Gasteiger partial charge is 0.325 e. The van der Waals surface area contributed by atoms with E-state index < -0.39 is 0 Å². The molecule has 0 saturated carbocycles. The third kappa shape index (κ3) is 3.05. The topological polar surface area (TPSA) is 54.4 Å². The van der Waals surface area contributed by atoms with Gasteiger partial charge in [-0.1, -0.05) is 18.2 Å². The Labute approximate surface area is 121 Å². The summed E-state index contributed by atoms with van der Waals surface area (Å²) in [4.78, 5) is 20.6. The molecule has 5 heteroatoms. The van der Waals surface area contributed by atoms with Gasteiger partial charge in [0, 0.05) is 18.3 Å². The van der Waals surface area contributed by atoms with Crippen LogP contribution in [-0.4, -0.2) is 21.7 Å². The number of hydrogen-bond donors (Lipinski definition) is 1. The molecule has 20 heavy (non-hydrogen) atoms. The summed E-state index contributed by atoms with van der Waals surface area (Å²) in [5, 5.41) is 3.80. The van der Waals surface area contributed by atoms with Crippen LogP contribution in [0.2, 0.25) is 0 Å². The lowest BCUT2D eigenvalue weighted by molar-refractivity contribution is -0.113. The number of aromatic nitrogens is 1. The zero-order valence-corrected chi connectivity index (χ0v) is 11.6. The lowest BCUT2D eigenvalue weighted by Gasteiger charge is -2.04. The first-order chi connectivity index (χ1) is 9.81. The van der Waals surface area contributed by atoms with Crippen molar-refractivity contribution in [3.05, 3.63) is 54.4 Å². The van der Waals surface area contributed by atoms with Gasteiger partial charge in [-0.3, -0.25) is 9.78 Å². The zero-order valence-electron chi connectivity index (χ0n) is 10.7. The molecular weight excluding hydrogens is 270 g/mol. The maximum absolute atomic E-state index is 11.8. The molecule has 0 radical (unpaired) electrons. The number of pyridine rings is 1. The fourth-order valence-electron chi connectivity index (χ4n) is 1.94. The number of rotatable bonds is 3. The van der Waals surface area contributed by atoms with Gasteiger partial charge in [-0.05, 0) is 24.3 Å². The number of thioether (sulfide) groups is 1. The molecule has 0 aliphatic carbocycles. The molecule has 100 valence electrons. The van der Waals surface area contributed by atoms with Crippen LogP contribution in [0.25, 0.3) is 0 Å². The lowest BCUT2D eigenvalue weighted by atomic mass is 10.3. The van der Waals surface area contributed by atoms with E-state index in [0.717, 1.165) is 28.5 Å². The van der Waals surface area contributed by atoms with Gasteiger partial charge < -0.3 is 5.32 Å². The summed E-state index contributed by atoms with van der Waals surface area (Å²) in [6, 6.07) is 13.3. The Balaban J connectivity index is 1.53. The van der Waals surface area contributed by atoms with Crippen LogP contribution in [0.15, 0.2) is 53.7 Å². The minimum absolute atomic E-state index is 0.0205. The van der Waals surface area contributed by atoms with Gasteiger partial charge in [0.05, 0.1) is 22.2 Å². The SMILES string of the molecule is O=C(CSC1=Nc2cccnc2C1)Nc1ccccc1. The number of carbonyl (C=O) groups excluding carboxylic acids is 1. The predicted molar refractivity (Wildman–Crippen MR) is 82.6 cm³/mol. The van der Waals surface area contributed by atoms with Crippen molar-refractivity contribution in [3.63, 3.8) is 0 Å². The standard InChI is InChI=1S/C15H13N3OS/c19-14(17-11-5-2-1-3-6-11)10-20-15-9-13-12(18-15)7-4-8-16-13/h1-8H,9-10H2,(H,17,19). The highest BCUT2D eigenvalue weighted by atomic mass is 32.2. The van der Waals surface area contributed by atoms with Gasteiger partial charge in [0.1, 0.15) is 0 Å². The number of para-hydroxylation sites is 1. The highest BCUT2D eigenvalue weighted by Crippen LogP contribution is 2.28. The normalized spacial score (nSPS) is 12.7. The van der Waals surface area contributed by atoms with Crippen molar-refractivity contribution >= 4 is 34.1 Å². The van der Waals surface area contributed by atoms with Crippen LogP contribution in [-0.2, 0) is 11.2 Å². The number of carbonyl (C=O) groups is 1. The van der Waals surface area contributed by atoms with Crippen LogP contribution >= 0.6 is 11.8 Å². The van der Waals surface area contributed by atoms with Crippen LogP contribution in [0, 0.1) is 0 Å². The van der Waals surface area contributed by atoms with Crippen molar-refractivity contribution in [1.82, 2.24) is 4.98 Å². The molecule has 0 bridgehead atoms. The molecule has 1 N–H and O–H groups in total. The van der Waals surface area contributed by atoms with E-state index in [-0.39, 0.29) is 5.91 Å². The average Bonchev–Trinajstić information content (AvgIpc) is 2.89. The first-order valence-electron chi connectivity index (χ1n) is 6.30. The third-order valence-electron chi connectivity index (χ3n) is 2.86. The number of hydrogen-bond acceptors (Lipinski definition) is 4. The Hall–Kier alpha value is -2.14. The predicted octanol–water partition coefficient (Wildman–Crippen LogP) is 3.04. The Morgan fingerprint density at radius 3 is 2.85 bits per heavy atom. The summed E-state index contributed by atoms with van der Waals surface area (Å²) >= 11 is 1.47. The first-order valence-corrected chi connectivity index (χ1v) is 7.29. The van der Waals surface area contributed by atoms with Crippen LogP contribution in [0.4, 0.5) is 11.4 Å². The second-order valence-electron chi connectivity index (χ2n) is 4.35. The van der Waals surface area contributed by atoms with Gasteiger partial charge in [-0.25, -0.2) is 4.99 Å². The monoisotopic (exact) mass is 283 g/mol. The Kier molecular flexibility index (Phi) is 3.78. The molecule has 0 unspecified atom stereocenters. The second-order valence-corrected chi connectivity index (χ2v) is 5.40. The molecule has 4 nitrogen and oxygen atoms in total. The molecule has 2 aromatic rings. The molecule has 0 fully saturated rings. The first kappa shape index (κ1) is 12.9. The van der Waals surface area contributed by atoms with Crippen molar-refractivity contribution in [2.45, 2.75) is 6.42 Å². The van der Waals surface area contributed by atoms with E-state index in [4.69, 9.17) is 0 Å². The molecule has 1 aromatic heterocycles. The number of anilines is 1. The van der Waals surface area contributed by atoms with Crippen molar-refractivity contribution in [2.75, 3.05) is 11.1 Å². The molecule has 3 rings (SSSR count). The summed E-state index contributed by atoms with van der Waals surface area (Å²) in [5.41, 5.74) is 2.72. The van der Waals surface area contributed by atoms with Crippen LogP contribution < -0.4 is 5.32 Å². The average molecular weight is 283 g/mol. The Morgan fingerprint density at radius 2 is 2.05 bits per heavy atom. The van der Waals surface area contributed by atoms with Crippen molar-refractivity contribution in [3.8, 4) is 0 Å². The summed E-state index contributed by atoms with van der Waals surface area (Å²) in [5.74, 6) is 0.342. The van der Waals surface area contributed by atoms with Gasteiger partial charge in [-0.15, -0.1) is 11.8 Å². The molecule has 1 aromatic carbocycles. The fraction of sp³-hybridized carbons (Fsp3) is 0.133. The van der Waals surface area contributed by atoms with E-state index in [0.29, 0.717) is 5.75 Å². The van der Waals surface area contributed by atoms with Gasteiger partial charge >= 0.3 is 0 Å². The maximum Gasteiger partial charge on any atom is 0.234 e. The summed E-state index contributed by atoms with van der Waals surface area (Å²) in [6.07, 6.45) is 2.49. The van der Waals surface area contributed by atoms with E-state index >= 15 is 0 Å². The van der Waals surface area contributed by atoms with E-state index in [2.05, 4.69) is 15.3 Å². The van der Waals surface area contributed by atoms with Crippen LogP contribution in [0.5, 0.6) is 0 Å². The number of benzene rings is 1. The van der Waals surface area contributed by atoms with E-state index in [1.807, 2.05) is 42.5 Å². The zero-order chi connectivity index (χ0) is 13.8. The minimum Gasteiger partial charge on any atom is -0.325 e. The van der Waals surface area contributed by atoms with Gasteiger partial charge in [0.25, 0.3) is 0 Å². The van der Waals surface area contributed by atoms with Gasteiger partial charge in [0.15, 0.2) is 0 Å². The van der Waals surface area contributed by atoms with Gasteiger partial charge in [-0.2, -0.15) is 0 Å². The molecule has 0 saturated heterocycles. The number of nitrogens with one attached hydrogen (secondary N) is 1. The molecule has 1 aliphatic rings. The van der Waals surface area contributed by atoms with E-state index in [1.165, 1.54) is 11.8 Å². The van der Waals surface area contributed by atoms with Crippen molar-refractivity contribution in [2.24, 2.45) is 4.99 Å². The van der Waals surface area contributed by atoms with Crippen molar-refractivity contribution in [1.29, 1.82) is 0 Å². The van der Waals surface area contributed by atoms with E-state index in [9.17, 15) is 4.79 Å². The summed E-state index contributed by atoms with van der Waals surface area (Å²) < 4.78 is 0. The molecule has 2 heterocycles.